The predicted octanol–water partition coefficient (Wildman–Crippen LogP) is 0.524. The molecule has 1 aliphatic carbocycles. The molecule has 4 amide bonds. The molecule has 0 aromatic rings. The van der Waals surface area contributed by atoms with Gasteiger partial charge in [0, 0.05) is 20.2 Å². The molecule has 1 saturated carbocycles. The van der Waals surface area contributed by atoms with E-state index in [0.717, 1.165) is 32.1 Å². The minimum atomic E-state index is -0.782. The van der Waals surface area contributed by atoms with E-state index < -0.39 is 60.1 Å². The first-order chi connectivity index (χ1) is 26.1. The minimum Gasteiger partial charge on any atom is -0.447 e. The Hall–Kier alpha value is -3.68. The Morgan fingerprint density at radius 3 is 2.16 bits per heavy atom. The van der Waals surface area contributed by atoms with Gasteiger partial charge < -0.3 is 50.7 Å². The lowest BCUT2D eigenvalue weighted by atomic mass is 9.68. The highest BCUT2D eigenvalue weighted by Crippen LogP contribution is 2.59. The molecular weight excluding hydrogens is 718 g/mol. The molecule has 0 radical (unpaired) electrons. The van der Waals surface area contributed by atoms with E-state index in [4.69, 9.17) is 29.4 Å². The SMILES string of the molecule is COC1C(OC(=O)N[C@@H](COC(=O)NCCCCCCNC(=O)CNNCC(=O)C(=O)CNC(=O)CN)C(C)C)CC[C@]2(CO2)C1C1(C)O[C@@H]1CC=C(C)C. The predicted molar refractivity (Wildman–Crippen MR) is 200 cm³/mol. The summed E-state index contributed by atoms with van der Waals surface area (Å²) in [5.74, 6) is -2.49. The van der Waals surface area contributed by atoms with Gasteiger partial charge in [-0.15, -0.1) is 0 Å². The van der Waals surface area contributed by atoms with Crippen LogP contribution in [0.2, 0.25) is 0 Å². The van der Waals surface area contributed by atoms with Gasteiger partial charge in [-0.2, -0.15) is 0 Å². The molecule has 0 bridgehead atoms. The molecule has 8 N–H and O–H groups in total. The van der Waals surface area contributed by atoms with Crippen LogP contribution < -0.4 is 37.9 Å². The molecular formula is C37H63N7O11. The molecule has 18 nitrogen and oxygen atoms in total. The number of ether oxygens (including phenoxy) is 5. The summed E-state index contributed by atoms with van der Waals surface area (Å²) in [5.41, 5.74) is 10.6. The van der Waals surface area contributed by atoms with Crippen LogP contribution in [0.5, 0.6) is 0 Å². The maximum Gasteiger partial charge on any atom is 0.407 e. The molecule has 2 aliphatic heterocycles. The number of carbonyl (C=O) groups excluding carboxylic acids is 6. The molecule has 0 aromatic carbocycles. The normalized spacial score (nSPS) is 25.7. The van der Waals surface area contributed by atoms with E-state index >= 15 is 0 Å². The minimum absolute atomic E-state index is 0.0259. The van der Waals surface area contributed by atoms with Crippen molar-refractivity contribution in [1.82, 2.24) is 32.1 Å². The van der Waals surface area contributed by atoms with Gasteiger partial charge in [0.15, 0.2) is 0 Å². The molecule has 3 rings (SSSR count). The van der Waals surface area contributed by atoms with Crippen molar-refractivity contribution in [2.45, 2.75) is 115 Å². The fourth-order valence-corrected chi connectivity index (χ4v) is 6.83. The van der Waals surface area contributed by atoms with E-state index in [-0.39, 0.29) is 55.7 Å². The molecule has 312 valence electrons. The van der Waals surface area contributed by atoms with Crippen LogP contribution in [0, 0.1) is 11.8 Å². The monoisotopic (exact) mass is 781 g/mol. The van der Waals surface area contributed by atoms with Crippen molar-refractivity contribution >= 4 is 35.6 Å². The fourth-order valence-electron chi connectivity index (χ4n) is 6.83. The maximum absolute atomic E-state index is 13.1. The van der Waals surface area contributed by atoms with Crippen LogP contribution >= 0.6 is 0 Å². The second kappa shape index (κ2) is 22.2. The second-order valence-electron chi connectivity index (χ2n) is 15.1. The number of allylic oxidation sites excluding steroid dienone is 1. The molecule has 55 heavy (non-hydrogen) atoms. The Morgan fingerprint density at radius 2 is 1.55 bits per heavy atom. The number of ketones is 2. The summed E-state index contributed by atoms with van der Waals surface area (Å²) in [4.78, 5) is 71.9. The highest BCUT2D eigenvalue weighted by Gasteiger charge is 2.72. The third-order valence-corrected chi connectivity index (χ3v) is 10.3. The summed E-state index contributed by atoms with van der Waals surface area (Å²) in [5, 5.41) is 10.6. The first-order valence-electron chi connectivity index (χ1n) is 19.3. The van der Waals surface area contributed by atoms with E-state index in [1.807, 2.05) is 13.8 Å². The third-order valence-electron chi connectivity index (χ3n) is 10.3. The number of hydrogen-bond acceptors (Lipinski definition) is 14. The van der Waals surface area contributed by atoms with Gasteiger partial charge >= 0.3 is 12.2 Å². The Kier molecular flexibility index (Phi) is 18.4. The topological polar surface area (TPSA) is 253 Å². The lowest BCUT2D eigenvalue weighted by Gasteiger charge is -2.42. The van der Waals surface area contributed by atoms with Crippen LogP contribution in [0.25, 0.3) is 0 Å². The second-order valence-corrected chi connectivity index (χ2v) is 15.1. The summed E-state index contributed by atoms with van der Waals surface area (Å²) in [6.45, 7) is 10.4. The number of rotatable bonds is 25. The Bertz CT molecular complexity index is 1350. The average Bonchev–Trinajstić information content (AvgIpc) is 4.07. The van der Waals surface area contributed by atoms with Crippen molar-refractivity contribution in [3.63, 3.8) is 0 Å². The van der Waals surface area contributed by atoms with Crippen LogP contribution in [0.1, 0.15) is 79.6 Å². The molecule has 18 heteroatoms. The number of carbonyl (C=O) groups is 6. The number of amides is 4. The zero-order chi connectivity index (χ0) is 40.6. The molecule has 2 heterocycles. The number of alkyl carbamates (subject to hydrolysis) is 2. The highest BCUT2D eigenvalue weighted by atomic mass is 16.6. The number of hydrazine groups is 1. The largest absolute Gasteiger partial charge is 0.447 e. The first-order valence-corrected chi connectivity index (χ1v) is 19.3. The van der Waals surface area contributed by atoms with Gasteiger partial charge in [-0.05, 0) is 58.8 Å². The summed E-state index contributed by atoms with van der Waals surface area (Å²) < 4.78 is 29.6. The molecule has 4 unspecified atom stereocenters. The fraction of sp³-hybridized carbons (Fsp3) is 0.784. The van der Waals surface area contributed by atoms with Crippen molar-refractivity contribution in [1.29, 1.82) is 0 Å². The van der Waals surface area contributed by atoms with Gasteiger partial charge in [-0.3, -0.25) is 19.2 Å². The lowest BCUT2D eigenvalue weighted by Crippen LogP contribution is -2.56. The van der Waals surface area contributed by atoms with Crippen LogP contribution in [-0.2, 0) is 42.9 Å². The number of epoxide rings is 2. The number of nitrogens with one attached hydrogen (secondary N) is 6. The van der Waals surface area contributed by atoms with E-state index in [1.54, 1.807) is 7.11 Å². The van der Waals surface area contributed by atoms with Crippen LogP contribution in [0.4, 0.5) is 9.59 Å². The summed E-state index contributed by atoms with van der Waals surface area (Å²) >= 11 is 0. The van der Waals surface area contributed by atoms with E-state index in [2.05, 4.69) is 59.0 Å². The molecule has 3 aliphatic rings. The van der Waals surface area contributed by atoms with Crippen LogP contribution in [-0.4, -0.2) is 131 Å². The number of hydrogen-bond donors (Lipinski definition) is 7. The summed E-state index contributed by atoms with van der Waals surface area (Å²) in [6.07, 6.45) is 5.39. The Labute approximate surface area is 323 Å². The van der Waals surface area contributed by atoms with E-state index in [1.165, 1.54) is 5.57 Å². The molecule has 7 atom stereocenters. The Morgan fingerprint density at radius 1 is 0.891 bits per heavy atom. The quantitative estimate of drug-likeness (QED) is 0.0219. The third kappa shape index (κ3) is 14.7. The van der Waals surface area contributed by atoms with Crippen molar-refractivity contribution in [3.05, 3.63) is 11.6 Å². The van der Waals surface area contributed by atoms with E-state index in [0.29, 0.717) is 32.5 Å². The first kappa shape index (κ1) is 45.7. The molecule has 2 saturated heterocycles. The van der Waals surface area contributed by atoms with Gasteiger partial charge in [-0.25, -0.2) is 20.4 Å². The number of Topliss-reactive ketones (excluding diaryl/α,β-unsaturated/α-hetero) is 2. The van der Waals surface area contributed by atoms with Crippen molar-refractivity contribution < 1.29 is 52.5 Å². The maximum atomic E-state index is 13.1. The van der Waals surface area contributed by atoms with Crippen LogP contribution in [0.3, 0.4) is 0 Å². The van der Waals surface area contributed by atoms with Crippen LogP contribution in [0.15, 0.2) is 11.6 Å². The number of unbranched alkanes of at least 4 members (excludes halogenated alkanes) is 3. The Balaban J connectivity index is 1.26. The zero-order valence-electron chi connectivity index (χ0n) is 33.2. The molecule has 1 spiro atoms. The van der Waals surface area contributed by atoms with Gasteiger partial charge in [-0.1, -0.05) is 38.3 Å². The smallest absolute Gasteiger partial charge is 0.407 e. The van der Waals surface area contributed by atoms with Crippen molar-refractivity contribution in [2.24, 2.45) is 17.6 Å². The number of methoxy groups -OCH3 is 1. The lowest BCUT2D eigenvalue weighted by molar-refractivity contribution is -0.136. The number of nitrogens with two attached hydrogens (primary N) is 1. The van der Waals surface area contributed by atoms with Gasteiger partial charge in [0.25, 0.3) is 0 Å². The average molecular weight is 782 g/mol. The van der Waals surface area contributed by atoms with Crippen molar-refractivity contribution in [3.8, 4) is 0 Å². The van der Waals surface area contributed by atoms with Gasteiger partial charge in [0.05, 0.1) is 50.8 Å². The van der Waals surface area contributed by atoms with Gasteiger partial charge in [0.2, 0.25) is 23.4 Å². The van der Waals surface area contributed by atoms with Gasteiger partial charge in [0.1, 0.15) is 30.0 Å². The molecule has 0 aromatic heterocycles. The van der Waals surface area contributed by atoms with Crippen molar-refractivity contribution in [2.75, 3.05) is 59.6 Å². The highest BCUT2D eigenvalue weighted by molar-refractivity contribution is 6.39. The zero-order valence-corrected chi connectivity index (χ0v) is 33.2. The molecule has 3 fully saturated rings. The van der Waals surface area contributed by atoms with E-state index in [9.17, 15) is 28.8 Å². The summed E-state index contributed by atoms with van der Waals surface area (Å²) in [7, 11) is 1.63. The summed E-state index contributed by atoms with van der Waals surface area (Å²) in [6, 6.07) is -0.468. The standard InChI is InChI=1S/C37H63N7O11/c1-23(2)11-12-29-36(5,55-29)33-32(51-6)28(13-14-37(33)22-53-37)54-35(50)44-25(24(3)4)21-52-34(49)40-16-10-8-7-9-15-39-31(48)20-43-42-19-27(46)26(45)18-41-30(47)17-38/h11,24-25,28-29,32-33,42-43H,7-10,12-22,38H2,1-6H3,(H,39,48)(H,40,49)(H,41,47)(H,44,50)/t25-,28?,29+,32?,33?,36?,37-/m0/s1.